The van der Waals surface area contributed by atoms with E-state index < -0.39 is 11.9 Å². The first-order chi connectivity index (χ1) is 30.0. The molecule has 7 heterocycles. The van der Waals surface area contributed by atoms with Gasteiger partial charge in [0.25, 0.3) is 11.5 Å². The second-order valence-corrected chi connectivity index (χ2v) is 17.0. The number of Topliss-reactive ketones (excluding diaryl/α,β-unsaturated/α-hetero) is 1. The third-order valence-corrected chi connectivity index (χ3v) is 13.1. The Bertz CT molecular complexity index is 2490. The van der Waals surface area contributed by atoms with E-state index in [1.54, 1.807) is 35.9 Å². The minimum atomic E-state index is -0.693. The van der Waals surface area contributed by atoms with E-state index in [0.717, 1.165) is 76.1 Å². The number of hydrogen-bond donors (Lipinski definition) is 4. The number of nitrogens with one attached hydrogen (secondary N) is 4. The summed E-state index contributed by atoms with van der Waals surface area (Å²) in [5.41, 5.74) is 3.90. The van der Waals surface area contributed by atoms with Crippen LogP contribution in [0.4, 0.5) is 27.9 Å². The summed E-state index contributed by atoms with van der Waals surface area (Å²) in [5.74, 6) is -0.367. The summed E-state index contributed by atoms with van der Waals surface area (Å²) >= 11 is 0. The van der Waals surface area contributed by atoms with E-state index in [1.165, 1.54) is 11.8 Å². The van der Waals surface area contributed by atoms with Crippen molar-refractivity contribution in [1.82, 2.24) is 44.9 Å². The fraction of sp³-hybridized carbons (Fsp3) is 0.477. The number of anilines is 4. The van der Waals surface area contributed by atoms with Crippen LogP contribution in [0.5, 0.6) is 0 Å². The SMILES string of the molecule is CC(=O)c1c(C)c2cnc(Nc3ccc(N4CCN(CCC5CNCCN5C(=O)Nc5ccc6c(c5)CN(C5CCC(=O)NC5=O)C6=O)CC4)cn3)nc2n(C2CCCC2)c1=O. The average Bonchev–Trinajstić information content (AvgIpc) is 3.91. The normalized spacial score (nSPS) is 21.1. The van der Waals surface area contributed by atoms with Gasteiger partial charge in [0.2, 0.25) is 17.8 Å². The first-order valence-corrected chi connectivity index (χ1v) is 21.7. The summed E-state index contributed by atoms with van der Waals surface area (Å²) in [6.07, 6.45) is 8.63. The highest BCUT2D eigenvalue weighted by molar-refractivity contribution is 6.06. The van der Waals surface area contributed by atoms with Gasteiger partial charge in [0, 0.05) is 100 Å². The molecule has 4 fully saturated rings. The number of ketones is 1. The Labute approximate surface area is 358 Å². The molecule has 1 aliphatic carbocycles. The second kappa shape index (κ2) is 17.2. The van der Waals surface area contributed by atoms with E-state index in [9.17, 15) is 28.8 Å². The Balaban J connectivity index is 0.774. The fourth-order valence-corrected chi connectivity index (χ4v) is 9.77. The van der Waals surface area contributed by atoms with Gasteiger partial charge in [-0.25, -0.2) is 14.8 Å². The molecule has 4 aliphatic heterocycles. The van der Waals surface area contributed by atoms with Crippen molar-refractivity contribution in [1.29, 1.82) is 0 Å². The molecule has 0 spiro atoms. The van der Waals surface area contributed by atoms with E-state index in [-0.39, 0.29) is 59.8 Å². The quantitative estimate of drug-likeness (QED) is 0.134. The molecule has 3 aromatic heterocycles. The van der Waals surface area contributed by atoms with Crippen molar-refractivity contribution in [2.75, 3.05) is 67.9 Å². The summed E-state index contributed by atoms with van der Waals surface area (Å²) in [5, 5.41) is 12.7. The zero-order chi connectivity index (χ0) is 43.1. The molecule has 4 N–H and O–H groups in total. The molecular formula is C44H52N12O6. The first-order valence-electron chi connectivity index (χ1n) is 21.7. The number of urea groups is 1. The van der Waals surface area contributed by atoms with Gasteiger partial charge in [0.05, 0.1) is 17.4 Å². The monoisotopic (exact) mass is 844 g/mol. The minimum Gasteiger partial charge on any atom is -0.368 e. The van der Waals surface area contributed by atoms with Crippen molar-refractivity contribution in [2.24, 2.45) is 0 Å². The number of imide groups is 1. The molecule has 62 heavy (non-hydrogen) atoms. The number of rotatable bonds is 10. The summed E-state index contributed by atoms with van der Waals surface area (Å²) in [6.45, 7) is 9.68. The van der Waals surface area contributed by atoms with Crippen LogP contribution in [-0.4, -0.2) is 128 Å². The number of aryl methyl sites for hydroxylation is 1. The predicted octanol–water partition coefficient (Wildman–Crippen LogP) is 3.34. The van der Waals surface area contributed by atoms with Crippen LogP contribution in [0, 0.1) is 6.92 Å². The maximum atomic E-state index is 13.6. The van der Waals surface area contributed by atoms with E-state index in [0.29, 0.717) is 65.7 Å². The van der Waals surface area contributed by atoms with Crippen molar-refractivity contribution >= 4 is 63.7 Å². The highest BCUT2D eigenvalue weighted by atomic mass is 16.2. The molecule has 5 amide bonds. The van der Waals surface area contributed by atoms with Gasteiger partial charge in [0.15, 0.2) is 5.78 Å². The van der Waals surface area contributed by atoms with E-state index in [2.05, 4.69) is 41.0 Å². The molecule has 0 radical (unpaired) electrons. The van der Waals surface area contributed by atoms with Gasteiger partial charge in [-0.3, -0.25) is 38.8 Å². The van der Waals surface area contributed by atoms with Crippen molar-refractivity contribution < 1.29 is 24.0 Å². The third kappa shape index (κ3) is 8.11. The van der Waals surface area contributed by atoms with Crippen molar-refractivity contribution in [3.05, 3.63) is 75.3 Å². The van der Waals surface area contributed by atoms with Crippen LogP contribution < -0.4 is 31.7 Å². The van der Waals surface area contributed by atoms with Crippen molar-refractivity contribution in [3.63, 3.8) is 0 Å². The summed E-state index contributed by atoms with van der Waals surface area (Å²) < 4.78 is 1.71. The molecule has 18 heteroatoms. The molecule has 2 unspecified atom stereocenters. The van der Waals surface area contributed by atoms with Gasteiger partial charge < -0.3 is 30.7 Å². The molecule has 324 valence electrons. The molecular weight excluding hydrogens is 793 g/mol. The highest BCUT2D eigenvalue weighted by Crippen LogP contribution is 2.33. The van der Waals surface area contributed by atoms with Crippen molar-refractivity contribution in [3.8, 4) is 0 Å². The number of carbonyl (C=O) groups is 5. The number of nitrogens with zero attached hydrogens (tertiary/aromatic N) is 8. The number of benzene rings is 1. The van der Waals surface area contributed by atoms with E-state index in [4.69, 9.17) is 4.98 Å². The predicted molar refractivity (Wildman–Crippen MR) is 232 cm³/mol. The lowest BCUT2D eigenvalue weighted by Crippen LogP contribution is -2.56. The van der Waals surface area contributed by atoms with Crippen LogP contribution in [0.1, 0.15) is 89.8 Å². The maximum Gasteiger partial charge on any atom is 0.322 e. The van der Waals surface area contributed by atoms with Gasteiger partial charge in [-0.1, -0.05) is 12.8 Å². The molecule has 3 saturated heterocycles. The summed E-state index contributed by atoms with van der Waals surface area (Å²) in [4.78, 5) is 99.1. The molecule has 5 aliphatic rings. The van der Waals surface area contributed by atoms with Gasteiger partial charge >= 0.3 is 6.03 Å². The van der Waals surface area contributed by atoms with Gasteiger partial charge in [-0.2, -0.15) is 4.98 Å². The molecule has 18 nitrogen and oxygen atoms in total. The van der Waals surface area contributed by atoms with Gasteiger partial charge in [0.1, 0.15) is 17.5 Å². The number of aromatic nitrogens is 4. The number of fused-ring (bicyclic) bond motifs is 2. The molecule has 9 rings (SSSR count). The number of carbonyl (C=O) groups excluding carboxylic acids is 5. The number of hydrogen-bond acceptors (Lipinski definition) is 13. The number of piperazine rings is 2. The minimum absolute atomic E-state index is 0.00249. The van der Waals surface area contributed by atoms with E-state index >= 15 is 0 Å². The fourth-order valence-electron chi connectivity index (χ4n) is 9.77. The zero-order valence-corrected chi connectivity index (χ0v) is 35.1. The Morgan fingerprint density at radius 1 is 0.935 bits per heavy atom. The number of piperidine rings is 1. The third-order valence-electron chi connectivity index (χ3n) is 13.1. The highest BCUT2D eigenvalue weighted by Gasteiger charge is 2.39. The lowest BCUT2D eigenvalue weighted by Gasteiger charge is -2.39. The largest absolute Gasteiger partial charge is 0.368 e. The van der Waals surface area contributed by atoms with Crippen LogP contribution in [-0.2, 0) is 16.1 Å². The van der Waals surface area contributed by atoms with Crippen LogP contribution in [0.15, 0.2) is 47.5 Å². The molecule has 1 aromatic carbocycles. The molecule has 4 aromatic rings. The molecule has 2 atom stereocenters. The van der Waals surface area contributed by atoms with Crippen LogP contribution >= 0.6 is 0 Å². The van der Waals surface area contributed by atoms with Crippen LogP contribution in [0.3, 0.4) is 0 Å². The molecule has 1 saturated carbocycles. The number of pyridine rings is 2. The summed E-state index contributed by atoms with van der Waals surface area (Å²) in [7, 11) is 0. The van der Waals surface area contributed by atoms with Crippen LogP contribution in [0.2, 0.25) is 0 Å². The smallest absolute Gasteiger partial charge is 0.322 e. The Morgan fingerprint density at radius 2 is 1.74 bits per heavy atom. The summed E-state index contributed by atoms with van der Waals surface area (Å²) in [6, 6.07) is 8.28. The topological polar surface area (TPSA) is 207 Å². The van der Waals surface area contributed by atoms with Gasteiger partial charge in [-0.15, -0.1) is 0 Å². The van der Waals surface area contributed by atoms with Crippen LogP contribution in [0.25, 0.3) is 11.0 Å². The Hall–Kier alpha value is -6.27. The average molecular weight is 845 g/mol. The lowest BCUT2D eigenvalue weighted by molar-refractivity contribution is -0.136. The zero-order valence-electron chi connectivity index (χ0n) is 35.1. The van der Waals surface area contributed by atoms with Crippen molar-refractivity contribution in [2.45, 2.75) is 83.5 Å². The molecule has 0 bridgehead atoms. The second-order valence-electron chi connectivity index (χ2n) is 17.0. The van der Waals surface area contributed by atoms with E-state index in [1.807, 2.05) is 23.2 Å². The first kappa shape index (κ1) is 41.1. The Morgan fingerprint density at radius 3 is 2.48 bits per heavy atom. The van der Waals surface area contributed by atoms with Gasteiger partial charge in [-0.05, 0) is 81.0 Å². The standard InChI is InChI=1S/C44H52N12O6/c1-26-34-24-47-43(51-39(34)56(30-5-3-4-6-30)42(61)38(26)27(2)57)49-36-11-8-31(23-46-36)53-19-17-52(18-20-53)15-13-32-22-45-14-16-54(32)44(62)48-29-7-9-33-28(21-29)25-55(41(33)60)35-10-12-37(58)50-40(35)59/h7-9,11,21,23-24,30,32,35,45H,3-6,10,12-20,22,25H2,1-2H3,(H,48,62)(H,50,58,59)(H,46,47,49,51). The number of amides is 5. The maximum absolute atomic E-state index is 13.6. The Kier molecular flexibility index (Phi) is 11.4. The lowest BCUT2D eigenvalue weighted by atomic mass is 10.0.